The summed E-state index contributed by atoms with van der Waals surface area (Å²) in [5.41, 5.74) is 4.73. The van der Waals surface area contributed by atoms with Crippen LogP contribution in [-0.2, 0) is 6.54 Å². The summed E-state index contributed by atoms with van der Waals surface area (Å²) < 4.78 is 3.58. The van der Waals surface area contributed by atoms with Crippen LogP contribution in [0.1, 0.15) is 6.42 Å². The number of nitrogens with zero attached hydrogens (tertiary/aromatic N) is 6. The van der Waals surface area contributed by atoms with E-state index in [1.807, 2.05) is 36.2 Å². The Hall–Kier alpha value is -2.81. The predicted molar refractivity (Wildman–Crippen MR) is 125 cm³/mol. The number of hydrogen-bond donors (Lipinski definition) is 0. The third kappa shape index (κ3) is 4.32. The molecule has 0 radical (unpaired) electrons. The van der Waals surface area contributed by atoms with Gasteiger partial charge in [-0.2, -0.15) is 16.4 Å². The molecular weight excluding hydrogens is 408 g/mol. The van der Waals surface area contributed by atoms with Gasteiger partial charge in [0.25, 0.3) is 5.56 Å². The highest BCUT2D eigenvalue weighted by Gasteiger charge is 2.13. The fourth-order valence-electron chi connectivity index (χ4n) is 4.05. The van der Waals surface area contributed by atoms with Crippen LogP contribution in [0.2, 0.25) is 0 Å². The Morgan fingerprint density at radius 1 is 1.03 bits per heavy atom. The molecule has 0 unspecified atom stereocenters. The number of aryl methyl sites for hydroxylation is 1. The molecule has 5 heterocycles. The van der Waals surface area contributed by atoms with Gasteiger partial charge in [0, 0.05) is 68.5 Å². The van der Waals surface area contributed by atoms with E-state index in [2.05, 4.69) is 38.4 Å². The lowest BCUT2D eigenvalue weighted by molar-refractivity contribution is 0.151. The number of pyridine rings is 1. The van der Waals surface area contributed by atoms with Crippen LogP contribution in [0.3, 0.4) is 0 Å². The number of rotatable bonds is 6. The molecule has 160 valence electrons. The molecule has 5 rings (SSSR count). The van der Waals surface area contributed by atoms with Crippen molar-refractivity contribution in [2.24, 2.45) is 0 Å². The third-order valence-corrected chi connectivity index (χ3v) is 6.67. The quantitative estimate of drug-likeness (QED) is 0.467. The van der Waals surface area contributed by atoms with Gasteiger partial charge < -0.3 is 14.4 Å². The summed E-state index contributed by atoms with van der Waals surface area (Å²) in [5, 5.41) is 8.60. The van der Waals surface area contributed by atoms with Crippen LogP contribution in [0.15, 0.2) is 58.5 Å². The van der Waals surface area contributed by atoms with E-state index in [1.54, 1.807) is 26.5 Å². The summed E-state index contributed by atoms with van der Waals surface area (Å²) in [4.78, 5) is 22.1. The van der Waals surface area contributed by atoms with E-state index in [-0.39, 0.29) is 5.56 Å². The second-order valence-corrected chi connectivity index (χ2v) is 8.91. The van der Waals surface area contributed by atoms with Crippen LogP contribution in [0.4, 0.5) is 0 Å². The van der Waals surface area contributed by atoms with Crippen molar-refractivity contribution in [1.29, 1.82) is 0 Å². The van der Waals surface area contributed by atoms with E-state index in [4.69, 9.17) is 0 Å². The highest BCUT2D eigenvalue weighted by atomic mass is 32.1. The Bertz CT molecular complexity index is 1220. The van der Waals surface area contributed by atoms with Gasteiger partial charge in [-0.3, -0.25) is 4.79 Å². The van der Waals surface area contributed by atoms with Crippen LogP contribution in [0.25, 0.3) is 27.9 Å². The topological polar surface area (TPSA) is 58.7 Å². The number of thiophene rings is 1. The molecule has 1 aliphatic heterocycles. The van der Waals surface area contributed by atoms with Crippen LogP contribution < -0.4 is 5.56 Å². The molecule has 0 aliphatic carbocycles. The van der Waals surface area contributed by atoms with Crippen molar-refractivity contribution in [3.8, 4) is 22.3 Å². The molecule has 1 aliphatic rings. The third-order valence-electron chi connectivity index (χ3n) is 5.99. The minimum Gasteiger partial charge on any atom is -0.315 e. The van der Waals surface area contributed by atoms with Crippen molar-refractivity contribution in [2.45, 2.75) is 13.0 Å². The Balaban J connectivity index is 1.28. The fraction of sp³-hybridized carbons (Fsp3) is 0.348. The summed E-state index contributed by atoms with van der Waals surface area (Å²) in [6.07, 6.45) is 8.47. The highest BCUT2D eigenvalue weighted by Crippen LogP contribution is 2.26. The lowest BCUT2D eigenvalue weighted by Crippen LogP contribution is -2.44. The first-order valence-electron chi connectivity index (χ1n) is 10.6. The maximum Gasteiger partial charge on any atom is 0.251 e. The average Bonchev–Trinajstić information content (AvgIpc) is 3.45. The van der Waals surface area contributed by atoms with Crippen LogP contribution in [0.5, 0.6) is 0 Å². The van der Waals surface area contributed by atoms with Gasteiger partial charge in [-0.1, -0.05) is 0 Å². The monoisotopic (exact) mass is 434 g/mol. The average molecular weight is 435 g/mol. The van der Waals surface area contributed by atoms with Crippen molar-refractivity contribution in [1.82, 2.24) is 29.0 Å². The van der Waals surface area contributed by atoms with Crippen molar-refractivity contribution in [3.63, 3.8) is 0 Å². The molecule has 0 atom stereocenters. The molecule has 0 saturated carbocycles. The van der Waals surface area contributed by atoms with E-state index in [1.165, 1.54) is 0 Å². The first-order valence-corrected chi connectivity index (χ1v) is 11.6. The normalized spacial score (nSPS) is 15.6. The SMILES string of the molecule is CN1CCN(CCCn2ccc(-c3cnc4c(-c5ccsc5)cnn4c3)cc2=O)CC1. The number of likely N-dealkylation sites (N-methyl/N-ethyl adjacent to an activating group) is 1. The van der Waals surface area contributed by atoms with Gasteiger partial charge in [0.15, 0.2) is 5.65 Å². The summed E-state index contributed by atoms with van der Waals surface area (Å²) in [7, 11) is 2.17. The smallest absolute Gasteiger partial charge is 0.251 e. The van der Waals surface area contributed by atoms with E-state index in [9.17, 15) is 4.79 Å². The molecule has 1 saturated heterocycles. The standard InChI is InChI=1S/C23H26N6OS/c1-26-8-10-27(11-9-26)5-2-6-28-7-3-18(13-22(28)30)20-14-24-23-21(15-25-29(23)16-20)19-4-12-31-17-19/h3-4,7,12-17H,2,5-6,8-11H2,1H3. The summed E-state index contributed by atoms with van der Waals surface area (Å²) in [6, 6.07) is 5.76. The highest BCUT2D eigenvalue weighted by molar-refractivity contribution is 7.08. The number of fused-ring (bicyclic) bond motifs is 1. The van der Waals surface area contributed by atoms with E-state index >= 15 is 0 Å². The second kappa shape index (κ2) is 8.74. The van der Waals surface area contributed by atoms with Crippen molar-refractivity contribution in [2.75, 3.05) is 39.8 Å². The minimum atomic E-state index is 0.0235. The van der Waals surface area contributed by atoms with Gasteiger partial charge in [0.2, 0.25) is 0 Å². The number of piperazine rings is 1. The van der Waals surface area contributed by atoms with Gasteiger partial charge in [-0.05, 0) is 54.0 Å². The van der Waals surface area contributed by atoms with Gasteiger partial charge in [-0.25, -0.2) is 9.50 Å². The zero-order valence-electron chi connectivity index (χ0n) is 17.6. The molecular formula is C23H26N6OS. The molecule has 8 heteroatoms. The molecule has 4 aromatic rings. The van der Waals surface area contributed by atoms with Crippen molar-refractivity contribution in [3.05, 3.63) is 64.1 Å². The van der Waals surface area contributed by atoms with Gasteiger partial charge >= 0.3 is 0 Å². The lowest BCUT2D eigenvalue weighted by atomic mass is 10.1. The van der Waals surface area contributed by atoms with Gasteiger partial charge in [-0.15, -0.1) is 0 Å². The first-order chi connectivity index (χ1) is 15.2. The summed E-state index contributed by atoms with van der Waals surface area (Å²) >= 11 is 1.66. The first kappa shape index (κ1) is 20.1. The van der Waals surface area contributed by atoms with E-state index < -0.39 is 0 Å². The Labute approximate surface area is 185 Å². The minimum absolute atomic E-state index is 0.0235. The molecule has 0 spiro atoms. The van der Waals surface area contributed by atoms with Crippen LogP contribution in [-0.4, -0.2) is 68.7 Å². The predicted octanol–water partition coefficient (Wildman–Crippen LogP) is 2.92. The van der Waals surface area contributed by atoms with Crippen molar-refractivity contribution >= 4 is 17.0 Å². The number of aromatic nitrogens is 4. The van der Waals surface area contributed by atoms with E-state index in [0.717, 1.165) is 73.6 Å². The molecule has 0 N–H and O–H groups in total. The molecule has 7 nitrogen and oxygen atoms in total. The van der Waals surface area contributed by atoms with Crippen molar-refractivity contribution < 1.29 is 0 Å². The largest absolute Gasteiger partial charge is 0.315 e. The van der Waals surface area contributed by atoms with E-state index in [0.29, 0.717) is 0 Å². The summed E-state index contributed by atoms with van der Waals surface area (Å²) in [5.74, 6) is 0. The van der Waals surface area contributed by atoms with Gasteiger partial charge in [0.05, 0.1) is 6.20 Å². The molecule has 0 amide bonds. The number of hydrogen-bond acceptors (Lipinski definition) is 6. The molecule has 1 fully saturated rings. The molecule has 31 heavy (non-hydrogen) atoms. The zero-order valence-corrected chi connectivity index (χ0v) is 18.5. The Morgan fingerprint density at radius 2 is 1.90 bits per heavy atom. The molecule has 0 bridgehead atoms. The lowest BCUT2D eigenvalue weighted by Gasteiger charge is -2.32. The Kier molecular flexibility index (Phi) is 5.67. The van der Waals surface area contributed by atoms with Crippen LogP contribution in [0, 0.1) is 0 Å². The molecule has 4 aromatic heterocycles. The summed E-state index contributed by atoms with van der Waals surface area (Å²) in [6.45, 7) is 6.25. The second-order valence-electron chi connectivity index (χ2n) is 8.13. The maximum absolute atomic E-state index is 12.7. The van der Waals surface area contributed by atoms with Crippen LogP contribution >= 0.6 is 11.3 Å². The maximum atomic E-state index is 12.7. The molecule has 0 aromatic carbocycles. The Morgan fingerprint density at radius 3 is 2.68 bits per heavy atom. The fourth-order valence-corrected chi connectivity index (χ4v) is 4.71. The zero-order chi connectivity index (χ0) is 21.2. The van der Waals surface area contributed by atoms with Gasteiger partial charge in [0.1, 0.15) is 0 Å².